The van der Waals surface area contributed by atoms with Crippen molar-refractivity contribution in [3.05, 3.63) is 66.6 Å². The third kappa shape index (κ3) is 5.42. The average Bonchev–Trinajstić information content (AvgIpc) is 3.27. The van der Waals surface area contributed by atoms with Crippen LogP contribution in [0.2, 0.25) is 0 Å². The molecule has 2 aromatic carbocycles. The lowest BCUT2D eigenvalue weighted by molar-refractivity contribution is -0.130. The fourth-order valence-electron chi connectivity index (χ4n) is 3.03. The Morgan fingerprint density at radius 1 is 1.06 bits per heavy atom. The summed E-state index contributed by atoms with van der Waals surface area (Å²) >= 11 is 0. The number of carbonyl (C=O) groups excluding carboxylic acids is 1. The lowest BCUT2D eigenvalue weighted by Crippen LogP contribution is -2.32. The highest BCUT2D eigenvalue weighted by atomic mass is 16.5. The summed E-state index contributed by atoms with van der Waals surface area (Å²) in [6.45, 7) is 4.28. The predicted molar refractivity (Wildman–Crippen MR) is 115 cm³/mol. The van der Waals surface area contributed by atoms with Crippen LogP contribution in [0.3, 0.4) is 0 Å². The number of hydrogen-bond acceptors (Lipinski definition) is 7. The molecule has 0 saturated heterocycles. The van der Waals surface area contributed by atoms with Crippen molar-refractivity contribution in [3.8, 4) is 28.6 Å². The molecule has 162 valence electrons. The smallest absolute Gasteiger partial charge is 0.246 e. The van der Waals surface area contributed by atoms with E-state index in [1.165, 1.54) is 0 Å². The Kier molecular flexibility index (Phi) is 7.26. The van der Waals surface area contributed by atoms with Crippen molar-refractivity contribution in [1.82, 2.24) is 15.0 Å². The van der Waals surface area contributed by atoms with Gasteiger partial charge < -0.3 is 23.6 Å². The second kappa shape index (κ2) is 10.3. The molecule has 1 amide bonds. The van der Waals surface area contributed by atoms with Crippen molar-refractivity contribution in [2.24, 2.45) is 0 Å². The molecule has 8 heteroatoms. The highest BCUT2D eigenvalue weighted by molar-refractivity contribution is 5.79. The summed E-state index contributed by atoms with van der Waals surface area (Å²) in [6.07, 6.45) is 1.85. The maximum atomic E-state index is 12.9. The fraction of sp³-hybridized carbons (Fsp3) is 0.261. The minimum absolute atomic E-state index is 0.101. The highest BCUT2D eigenvalue weighted by Gasteiger charge is 2.18. The van der Waals surface area contributed by atoms with Crippen LogP contribution in [0.25, 0.3) is 11.4 Å². The topological polar surface area (TPSA) is 86.9 Å². The van der Waals surface area contributed by atoms with Gasteiger partial charge in [-0.15, -0.1) is 6.58 Å². The van der Waals surface area contributed by atoms with E-state index in [-0.39, 0.29) is 18.9 Å². The molecule has 0 fully saturated rings. The summed E-state index contributed by atoms with van der Waals surface area (Å²) in [4.78, 5) is 18.9. The molecular formula is C23H25N3O5. The molecule has 3 rings (SSSR count). The molecule has 8 nitrogen and oxygen atoms in total. The summed E-state index contributed by atoms with van der Waals surface area (Å²) < 4.78 is 21.1. The Balaban J connectivity index is 1.71. The maximum absolute atomic E-state index is 12.9. The summed E-state index contributed by atoms with van der Waals surface area (Å²) in [7, 11) is 4.73. The molecule has 0 aliphatic rings. The third-order valence-corrected chi connectivity index (χ3v) is 4.65. The summed E-state index contributed by atoms with van der Waals surface area (Å²) in [6, 6.07) is 12.7. The highest BCUT2D eigenvalue weighted by Crippen LogP contribution is 2.28. The molecule has 0 saturated carbocycles. The van der Waals surface area contributed by atoms with Gasteiger partial charge in [-0.25, -0.2) is 0 Å². The first-order valence-corrected chi connectivity index (χ1v) is 9.64. The summed E-state index contributed by atoms with van der Waals surface area (Å²) in [5.74, 6) is 2.61. The summed E-state index contributed by atoms with van der Waals surface area (Å²) in [5, 5.41) is 4.02. The van der Waals surface area contributed by atoms with Crippen LogP contribution < -0.4 is 14.2 Å². The molecule has 0 bridgehead atoms. The van der Waals surface area contributed by atoms with Gasteiger partial charge in [-0.1, -0.05) is 17.3 Å². The van der Waals surface area contributed by atoms with E-state index in [1.54, 1.807) is 44.4 Å². The first-order valence-electron chi connectivity index (χ1n) is 9.64. The predicted octanol–water partition coefficient (Wildman–Crippen LogP) is 3.52. The van der Waals surface area contributed by atoms with E-state index in [2.05, 4.69) is 16.7 Å². The van der Waals surface area contributed by atoms with E-state index in [4.69, 9.17) is 18.7 Å². The third-order valence-electron chi connectivity index (χ3n) is 4.65. The largest absolute Gasteiger partial charge is 0.497 e. The van der Waals surface area contributed by atoms with Crippen LogP contribution in [0, 0.1) is 0 Å². The van der Waals surface area contributed by atoms with Crippen LogP contribution >= 0.6 is 0 Å². The van der Waals surface area contributed by atoms with Gasteiger partial charge in [0.1, 0.15) is 12.3 Å². The standard InChI is InChI=1S/C23H25N3O5/c1-5-12-26(22(27)14-16-6-11-19(29-3)20(13-16)30-4)15-21-24-23(25-31-21)17-7-9-18(28-2)10-8-17/h5-11,13H,1,12,14-15H2,2-4H3. The van der Waals surface area contributed by atoms with Gasteiger partial charge in [0.05, 0.1) is 27.8 Å². The SMILES string of the molecule is C=CCN(Cc1nc(-c2ccc(OC)cc2)no1)C(=O)Cc1ccc(OC)c(OC)c1. The normalized spacial score (nSPS) is 10.4. The zero-order valence-electron chi connectivity index (χ0n) is 17.8. The van der Waals surface area contributed by atoms with Gasteiger partial charge >= 0.3 is 0 Å². The lowest BCUT2D eigenvalue weighted by Gasteiger charge is -2.19. The molecule has 0 unspecified atom stereocenters. The molecule has 3 aromatic rings. The molecule has 0 atom stereocenters. The maximum Gasteiger partial charge on any atom is 0.246 e. The zero-order chi connectivity index (χ0) is 22.2. The second-order valence-corrected chi connectivity index (χ2v) is 6.67. The van der Waals surface area contributed by atoms with Crippen LogP contribution in [0.4, 0.5) is 0 Å². The van der Waals surface area contributed by atoms with Crippen LogP contribution in [-0.4, -0.2) is 48.8 Å². The zero-order valence-corrected chi connectivity index (χ0v) is 17.8. The molecule has 31 heavy (non-hydrogen) atoms. The van der Waals surface area contributed by atoms with Crippen molar-refractivity contribution in [3.63, 3.8) is 0 Å². The number of amides is 1. The minimum atomic E-state index is -0.101. The number of nitrogens with zero attached hydrogens (tertiary/aromatic N) is 3. The van der Waals surface area contributed by atoms with Crippen LogP contribution in [0.1, 0.15) is 11.5 Å². The Labute approximate surface area is 181 Å². The van der Waals surface area contributed by atoms with Gasteiger partial charge in [0, 0.05) is 12.1 Å². The van der Waals surface area contributed by atoms with E-state index in [9.17, 15) is 4.79 Å². The Morgan fingerprint density at radius 3 is 2.45 bits per heavy atom. The molecular weight excluding hydrogens is 398 g/mol. The molecule has 0 spiro atoms. The molecule has 0 N–H and O–H groups in total. The van der Waals surface area contributed by atoms with Crippen molar-refractivity contribution in [2.75, 3.05) is 27.9 Å². The average molecular weight is 423 g/mol. The number of ether oxygens (including phenoxy) is 3. The van der Waals surface area contributed by atoms with Crippen LogP contribution in [0.15, 0.2) is 59.6 Å². The Hall–Kier alpha value is -3.81. The van der Waals surface area contributed by atoms with Crippen molar-refractivity contribution in [1.29, 1.82) is 0 Å². The van der Waals surface area contributed by atoms with E-state index in [1.807, 2.05) is 30.3 Å². The molecule has 0 aliphatic heterocycles. The van der Waals surface area contributed by atoms with Crippen LogP contribution in [0.5, 0.6) is 17.2 Å². The van der Waals surface area contributed by atoms with Gasteiger partial charge in [-0.05, 0) is 42.0 Å². The molecule has 1 aromatic heterocycles. The number of aromatic nitrogens is 2. The molecule has 0 aliphatic carbocycles. The Bertz CT molecular complexity index is 1030. The van der Waals surface area contributed by atoms with Gasteiger partial charge in [0.25, 0.3) is 0 Å². The second-order valence-electron chi connectivity index (χ2n) is 6.67. The number of hydrogen-bond donors (Lipinski definition) is 0. The first-order chi connectivity index (χ1) is 15.1. The quantitative estimate of drug-likeness (QED) is 0.461. The summed E-state index contributed by atoms with van der Waals surface area (Å²) in [5.41, 5.74) is 1.60. The number of methoxy groups -OCH3 is 3. The monoisotopic (exact) mass is 423 g/mol. The van der Waals surface area contributed by atoms with Gasteiger partial charge in [0.15, 0.2) is 11.5 Å². The lowest BCUT2D eigenvalue weighted by atomic mass is 10.1. The van der Waals surface area contributed by atoms with Crippen molar-refractivity contribution < 1.29 is 23.5 Å². The van der Waals surface area contributed by atoms with E-state index >= 15 is 0 Å². The number of rotatable bonds is 10. The van der Waals surface area contributed by atoms with Gasteiger partial charge in [-0.2, -0.15) is 4.98 Å². The van der Waals surface area contributed by atoms with Crippen LogP contribution in [-0.2, 0) is 17.8 Å². The molecule has 1 heterocycles. The minimum Gasteiger partial charge on any atom is -0.497 e. The van der Waals surface area contributed by atoms with E-state index in [0.717, 1.165) is 16.9 Å². The first kappa shape index (κ1) is 21.9. The van der Waals surface area contributed by atoms with E-state index in [0.29, 0.717) is 29.8 Å². The van der Waals surface area contributed by atoms with Crippen molar-refractivity contribution >= 4 is 5.91 Å². The van der Waals surface area contributed by atoms with Gasteiger partial charge in [0.2, 0.25) is 17.6 Å². The number of carbonyl (C=O) groups is 1. The van der Waals surface area contributed by atoms with Gasteiger partial charge in [-0.3, -0.25) is 4.79 Å². The Morgan fingerprint density at radius 2 is 1.81 bits per heavy atom. The fourth-order valence-corrected chi connectivity index (χ4v) is 3.03. The van der Waals surface area contributed by atoms with E-state index < -0.39 is 0 Å². The number of benzene rings is 2. The van der Waals surface area contributed by atoms with Crippen molar-refractivity contribution in [2.45, 2.75) is 13.0 Å². The molecule has 0 radical (unpaired) electrons.